The third-order valence-electron chi connectivity index (χ3n) is 5.60. The number of halogens is 2. The Morgan fingerprint density at radius 2 is 2.19 bits per heavy atom. The molecule has 1 saturated carbocycles. The number of anilines is 1. The summed E-state index contributed by atoms with van der Waals surface area (Å²) in [5.41, 5.74) is 2.24. The average Bonchev–Trinajstić information content (AvgIpc) is 3.21. The van der Waals surface area contributed by atoms with Crippen LogP contribution in [0, 0.1) is 17.2 Å². The van der Waals surface area contributed by atoms with E-state index >= 15 is 0 Å². The average molecular weight is 433 g/mol. The van der Waals surface area contributed by atoms with E-state index < -0.39 is 0 Å². The van der Waals surface area contributed by atoms with Crippen molar-refractivity contribution >= 4 is 33.3 Å². The van der Waals surface area contributed by atoms with Gasteiger partial charge in [0.05, 0.1) is 22.7 Å². The summed E-state index contributed by atoms with van der Waals surface area (Å²) in [6.07, 6.45) is 4.54. The number of fused-ring (bicyclic) bond motifs is 2. The molecule has 1 fully saturated rings. The molecule has 0 amide bonds. The second-order valence-corrected chi connectivity index (χ2v) is 8.40. The van der Waals surface area contributed by atoms with Crippen LogP contribution in [-0.4, -0.2) is 18.6 Å². The van der Waals surface area contributed by atoms with Crippen molar-refractivity contribution < 1.29 is 4.74 Å². The van der Waals surface area contributed by atoms with Crippen molar-refractivity contribution in [3.63, 3.8) is 0 Å². The number of nitrogens with zero attached hydrogens (tertiary/aromatic N) is 3. The summed E-state index contributed by atoms with van der Waals surface area (Å²) >= 11 is 10.2. The van der Waals surface area contributed by atoms with E-state index in [1.165, 1.54) is 5.56 Å². The molecule has 4 rings (SSSR count). The number of benzene rings is 1. The van der Waals surface area contributed by atoms with Crippen LogP contribution < -0.4 is 9.64 Å². The Labute approximate surface area is 166 Å². The highest BCUT2D eigenvalue weighted by molar-refractivity contribution is 9.10. The van der Waals surface area contributed by atoms with Gasteiger partial charge < -0.3 is 9.64 Å². The van der Waals surface area contributed by atoms with Crippen LogP contribution in [0.1, 0.15) is 30.4 Å². The van der Waals surface area contributed by atoms with E-state index in [2.05, 4.69) is 44.0 Å². The SMILES string of the molecule is COc1ccc(CN2CC3(CCC(C#N)C3)c3c2ncc(Br)c3Cl)cc1. The number of nitriles is 1. The molecular formula is C20H19BrClN3O. The van der Waals surface area contributed by atoms with Gasteiger partial charge in [-0.1, -0.05) is 23.7 Å². The molecule has 0 radical (unpaired) electrons. The first-order chi connectivity index (χ1) is 12.6. The van der Waals surface area contributed by atoms with Gasteiger partial charge in [0.1, 0.15) is 11.6 Å². The molecule has 0 N–H and O–H groups in total. The minimum Gasteiger partial charge on any atom is -0.497 e. The monoisotopic (exact) mass is 431 g/mol. The number of rotatable bonds is 3. The molecule has 6 heteroatoms. The minimum atomic E-state index is -0.0733. The van der Waals surface area contributed by atoms with E-state index in [4.69, 9.17) is 16.3 Å². The van der Waals surface area contributed by atoms with Crippen LogP contribution in [-0.2, 0) is 12.0 Å². The largest absolute Gasteiger partial charge is 0.497 e. The molecule has 0 saturated heterocycles. The molecular weight excluding hydrogens is 414 g/mol. The summed E-state index contributed by atoms with van der Waals surface area (Å²) in [7, 11) is 1.67. The Kier molecular flexibility index (Phi) is 4.58. The van der Waals surface area contributed by atoms with Gasteiger partial charge in [-0.3, -0.25) is 0 Å². The van der Waals surface area contributed by atoms with Gasteiger partial charge in [-0.2, -0.15) is 5.26 Å². The zero-order valence-corrected chi connectivity index (χ0v) is 16.8. The summed E-state index contributed by atoms with van der Waals surface area (Å²) in [6, 6.07) is 10.6. The molecule has 1 aliphatic carbocycles. The minimum absolute atomic E-state index is 0.0733. The third-order valence-corrected chi connectivity index (χ3v) is 6.82. The second-order valence-electron chi connectivity index (χ2n) is 7.17. The van der Waals surface area contributed by atoms with E-state index in [0.29, 0.717) is 0 Å². The fraction of sp³-hybridized carbons (Fsp3) is 0.400. The van der Waals surface area contributed by atoms with E-state index in [1.807, 2.05) is 12.1 Å². The Morgan fingerprint density at radius 3 is 2.85 bits per heavy atom. The van der Waals surface area contributed by atoms with Gasteiger partial charge in [-0.05, 0) is 52.9 Å². The number of aromatic nitrogens is 1. The van der Waals surface area contributed by atoms with Crippen LogP contribution in [0.4, 0.5) is 5.82 Å². The topological polar surface area (TPSA) is 49.1 Å². The van der Waals surface area contributed by atoms with Gasteiger partial charge in [0, 0.05) is 36.2 Å². The first-order valence-electron chi connectivity index (χ1n) is 8.68. The maximum absolute atomic E-state index is 9.40. The number of hydrogen-bond acceptors (Lipinski definition) is 4. The van der Waals surface area contributed by atoms with Gasteiger partial charge in [-0.15, -0.1) is 0 Å². The van der Waals surface area contributed by atoms with Crippen molar-refractivity contribution in [1.82, 2.24) is 4.98 Å². The fourth-order valence-electron chi connectivity index (χ4n) is 4.37. The van der Waals surface area contributed by atoms with Crippen LogP contribution in [0.15, 0.2) is 34.9 Å². The van der Waals surface area contributed by atoms with Crippen LogP contribution in [0.2, 0.25) is 5.02 Å². The van der Waals surface area contributed by atoms with Crippen molar-refractivity contribution in [1.29, 1.82) is 5.26 Å². The molecule has 2 aliphatic rings. The quantitative estimate of drug-likeness (QED) is 0.678. The van der Waals surface area contributed by atoms with E-state index in [0.717, 1.165) is 59.0 Å². The van der Waals surface area contributed by atoms with Crippen LogP contribution in [0.5, 0.6) is 5.75 Å². The lowest BCUT2D eigenvalue weighted by molar-refractivity contribution is 0.414. The number of ether oxygens (including phenoxy) is 1. The molecule has 1 spiro atoms. The Morgan fingerprint density at radius 1 is 1.42 bits per heavy atom. The van der Waals surface area contributed by atoms with Crippen molar-refractivity contribution in [3.05, 3.63) is 51.1 Å². The maximum atomic E-state index is 9.40. The maximum Gasteiger partial charge on any atom is 0.134 e. The van der Waals surface area contributed by atoms with Crippen LogP contribution >= 0.6 is 27.5 Å². The molecule has 1 aliphatic heterocycles. The molecule has 1 aromatic carbocycles. The van der Waals surface area contributed by atoms with Gasteiger partial charge >= 0.3 is 0 Å². The van der Waals surface area contributed by atoms with Crippen molar-refractivity contribution in [2.24, 2.45) is 5.92 Å². The molecule has 2 atom stereocenters. The highest BCUT2D eigenvalue weighted by Gasteiger charge is 2.50. The van der Waals surface area contributed by atoms with Gasteiger partial charge in [0.25, 0.3) is 0 Å². The lowest BCUT2D eigenvalue weighted by Gasteiger charge is -2.26. The smallest absolute Gasteiger partial charge is 0.134 e. The Balaban J connectivity index is 1.70. The summed E-state index contributed by atoms with van der Waals surface area (Å²) in [5.74, 6) is 1.90. The zero-order chi connectivity index (χ0) is 18.3. The van der Waals surface area contributed by atoms with E-state index in [1.54, 1.807) is 13.3 Å². The number of hydrogen-bond donors (Lipinski definition) is 0. The van der Waals surface area contributed by atoms with E-state index in [9.17, 15) is 5.26 Å². The summed E-state index contributed by atoms with van der Waals surface area (Å²) in [6.45, 7) is 1.62. The first-order valence-corrected chi connectivity index (χ1v) is 9.85. The zero-order valence-electron chi connectivity index (χ0n) is 14.5. The highest BCUT2D eigenvalue weighted by atomic mass is 79.9. The van der Waals surface area contributed by atoms with E-state index in [-0.39, 0.29) is 11.3 Å². The van der Waals surface area contributed by atoms with Crippen molar-refractivity contribution in [2.45, 2.75) is 31.2 Å². The van der Waals surface area contributed by atoms with Gasteiger partial charge in [0.15, 0.2) is 0 Å². The predicted octanol–water partition coefficient (Wildman–Crippen LogP) is 5.09. The molecule has 2 aromatic rings. The lowest BCUT2D eigenvalue weighted by atomic mass is 9.80. The normalized spacial score (nSPS) is 23.9. The fourth-order valence-corrected chi connectivity index (χ4v) is 5.01. The molecule has 4 nitrogen and oxygen atoms in total. The van der Waals surface area contributed by atoms with Crippen molar-refractivity contribution in [2.75, 3.05) is 18.6 Å². The Bertz CT molecular complexity index is 880. The van der Waals surface area contributed by atoms with Gasteiger partial charge in [0.2, 0.25) is 0 Å². The predicted molar refractivity (Wildman–Crippen MR) is 106 cm³/mol. The second kappa shape index (κ2) is 6.75. The number of pyridine rings is 1. The molecule has 2 unspecified atom stereocenters. The molecule has 2 heterocycles. The standard InChI is InChI=1S/C20H19BrClN3O/c1-26-15-4-2-13(3-5-15)11-25-12-20(7-6-14(8-20)9-23)17-18(22)16(21)10-24-19(17)25/h2-5,10,14H,6-8,11-12H2,1H3. The summed E-state index contributed by atoms with van der Waals surface area (Å²) < 4.78 is 6.07. The van der Waals surface area contributed by atoms with Crippen molar-refractivity contribution in [3.8, 4) is 11.8 Å². The third kappa shape index (κ3) is 2.86. The van der Waals surface area contributed by atoms with Crippen LogP contribution in [0.25, 0.3) is 0 Å². The van der Waals surface area contributed by atoms with Gasteiger partial charge in [-0.25, -0.2) is 4.98 Å². The molecule has 1 aromatic heterocycles. The molecule has 0 bridgehead atoms. The summed E-state index contributed by atoms with van der Waals surface area (Å²) in [5, 5.41) is 10.1. The first kappa shape index (κ1) is 17.6. The molecule has 134 valence electrons. The lowest BCUT2D eigenvalue weighted by Crippen LogP contribution is -2.31. The van der Waals surface area contributed by atoms with Crippen LogP contribution in [0.3, 0.4) is 0 Å². The summed E-state index contributed by atoms with van der Waals surface area (Å²) in [4.78, 5) is 6.99. The Hall–Kier alpha value is -1.77. The molecule has 26 heavy (non-hydrogen) atoms. The number of methoxy groups -OCH3 is 1. The highest BCUT2D eigenvalue weighted by Crippen LogP contribution is 2.55.